The normalized spacial score (nSPS) is 18.1. The van der Waals surface area contributed by atoms with Crippen LogP contribution in [-0.2, 0) is 4.79 Å². The van der Waals surface area contributed by atoms with E-state index in [1.54, 1.807) is 11.1 Å². The number of piperidine rings is 1. The van der Waals surface area contributed by atoms with Gasteiger partial charge in [0.15, 0.2) is 6.61 Å². The molecule has 3 heteroatoms. The second kappa shape index (κ2) is 5.70. The zero-order valence-corrected chi connectivity index (χ0v) is 12.0. The second-order valence-corrected chi connectivity index (χ2v) is 5.69. The van der Waals surface area contributed by atoms with Crippen molar-refractivity contribution in [1.82, 2.24) is 4.90 Å². The number of amides is 1. The van der Waals surface area contributed by atoms with Crippen LogP contribution in [0.3, 0.4) is 0 Å². The van der Waals surface area contributed by atoms with Crippen molar-refractivity contribution in [2.45, 2.75) is 32.6 Å². The van der Waals surface area contributed by atoms with Crippen LogP contribution in [0.1, 0.15) is 31.2 Å². The molecular formula is C17H21NO2. The molecule has 0 aromatic heterocycles. The average molecular weight is 271 g/mol. The number of hydrogen-bond donors (Lipinski definition) is 0. The van der Waals surface area contributed by atoms with E-state index in [1.807, 2.05) is 36.1 Å². The molecule has 1 saturated heterocycles. The van der Waals surface area contributed by atoms with Crippen molar-refractivity contribution in [1.29, 1.82) is 0 Å². The minimum absolute atomic E-state index is 0.102. The summed E-state index contributed by atoms with van der Waals surface area (Å²) in [7, 11) is 0. The van der Waals surface area contributed by atoms with Gasteiger partial charge >= 0.3 is 0 Å². The van der Waals surface area contributed by atoms with E-state index in [0.717, 1.165) is 31.7 Å². The van der Waals surface area contributed by atoms with Gasteiger partial charge in [0.25, 0.3) is 5.91 Å². The first-order chi connectivity index (χ1) is 9.72. The smallest absolute Gasteiger partial charge is 0.260 e. The minimum atomic E-state index is 0.102. The Balaban J connectivity index is 1.47. The lowest BCUT2D eigenvalue weighted by Crippen LogP contribution is -2.39. The third-order valence-corrected chi connectivity index (χ3v) is 4.10. The highest BCUT2D eigenvalue weighted by Gasteiger charge is 2.24. The third kappa shape index (κ3) is 3.21. The summed E-state index contributed by atoms with van der Waals surface area (Å²) in [6.07, 6.45) is 4.71. The van der Waals surface area contributed by atoms with Crippen LogP contribution in [0.15, 0.2) is 35.4 Å². The molecule has 20 heavy (non-hydrogen) atoms. The van der Waals surface area contributed by atoms with Crippen molar-refractivity contribution in [2.75, 3.05) is 19.7 Å². The van der Waals surface area contributed by atoms with Gasteiger partial charge in [-0.25, -0.2) is 0 Å². The minimum Gasteiger partial charge on any atom is -0.484 e. The van der Waals surface area contributed by atoms with Crippen molar-refractivity contribution >= 4 is 5.91 Å². The Morgan fingerprint density at radius 1 is 1.05 bits per heavy atom. The van der Waals surface area contributed by atoms with Gasteiger partial charge in [-0.15, -0.1) is 0 Å². The topological polar surface area (TPSA) is 29.5 Å². The standard InChI is InChI=1S/C17H21NO2/c1-13-2-6-16(7-3-13)20-12-17(19)18-10-8-15(9-11-18)14-4-5-14/h2-3,6-7H,4-5,8-12H2,1H3. The van der Waals surface area contributed by atoms with Crippen LogP contribution >= 0.6 is 0 Å². The van der Waals surface area contributed by atoms with Crippen molar-refractivity contribution in [2.24, 2.45) is 0 Å². The van der Waals surface area contributed by atoms with Crippen LogP contribution in [0.2, 0.25) is 0 Å². The summed E-state index contributed by atoms with van der Waals surface area (Å²) < 4.78 is 5.56. The molecule has 1 aliphatic carbocycles. The van der Waals surface area contributed by atoms with Crippen LogP contribution in [0.4, 0.5) is 0 Å². The van der Waals surface area contributed by atoms with Crippen molar-refractivity contribution in [3.63, 3.8) is 0 Å². The number of rotatable bonds is 3. The zero-order chi connectivity index (χ0) is 13.9. The van der Waals surface area contributed by atoms with Crippen LogP contribution in [-0.4, -0.2) is 30.5 Å². The van der Waals surface area contributed by atoms with Crippen LogP contribution < -0.4 is 4.74 Å². The highest BCUT2D eigenvalue weighted by atomic mass is 16.5. The first kappa shape index (κ1) is 13.2. The molecule has 1 heterocycles. The lowest BCUT2D eigenvalue weighted by molar-refractivity contribution is -0.133. The Hall–Kier alpha value is -1.77. The monoisotopic (exact) mass is 271 g/mol. The summed E-state index contributed by atoms with van der Waals surface area (Å²) in [5, 5.41) is 0. The molecular weight excluding hydrogens is 250 g/mol. The fraction of sp³-hybridized carbons (Fsp3) is 0.471. The first-order valence-electron chi connectivity index (χ1n) is 7.39. The molecule has 0 unspecified atom stereocenters. The number of likely N-dealkylation sites (tertiary alicyclic amines) is 1. The number of allylic oxidation sites excluding steroid dienone is 1. The molecule has 2 fully saturated rings. The number of benzene rings is 1. The number of carbonyl (C=O) groups is 1. The fourth-order valence-electron chi connectivity index (χ4n) is 2.67. The summed E-state index contributed by atoms with van der Waals surface area (Å²) in [6, 6.07) is 7.81. The van der Waals surface area contributed by atoms with Gasteiger partial charge in [0, 0.05) is 13.1 Å². The highest BCUT2D eigenvalue weighted by molar-refractivity contribution is 5.78. The predicted octanol–water partition coefficient (Wildman–Crippen LogP) is 3.09. The largest absolute Gasteiger partial charge is 0.484 e. The van der Waals surface area contributed by atoms with Gasteiger partial charge in [-0.3, -0.25) is 4.79 Å². The number of aryl methyl sites for hydroxylation is 1. The predicted molar refractivity (Wildman–Crippen MR) is 78.7 cm³/mol. The van der Waals surface area contributed by atoms with Gasteiger partial charge in [-0.2, -0.15) is 0 Å². The SMILES string of the molecule is Cc1ccc(OCC(=O)N2CCC(=C3CC3)CC2)cc1. The number of ether oxygens (including phenoxy) is 1. The lowest BCUT2D eigenvalue weighted by atomic mass is 10.0. The molecule has 106 valence electrons. The van der Waals surface area contributed by atoms with Gasteiger partial charge in [0.1, 0.15) is 5.75 Å². The Kier molecular flexibility index (Phi) is 3.77. The molecule has 1 amide bonds. The van der Waals surface area contributed by atoms with Gasteiger partial charge in [-0.1, -0.05) is 28.8 Å². The maximum Gasteiger partial charge on any atom is 0.260 e. The molecule has 0 atom stereocenters. The molecule has 3 rings (SSSR count). The summed E-state index contributed by atoms with van der Waals surface area (Å²) in [4.78, 5) is 14.0. The van der Waals surface area contributed by atoms with Gasteiger partial charge in [-0.05, 0) is 44.7 Å². The molecule has 3 nitrogen and oxygen atoms in total. The van der Waals surface area contributed by atoms with E-state index >= 15 is 0 Å². The van der Waals surface area contributed by atoms with E-state index in [9.17, 15) is 4.79 Å². The van der Waals surface area contributed by atoms with Gasteiger partial charge < -0.3 is 9.64 Å². The molecule has 1 aromatic carbocycles. The second-order valence-electron chi connectivity index (χ2n) is 5.69. The zero-order valence-electron chi connectivity index (χ0n) is 12.0. The number of carbonyl (C=O) groups excluding carboxylic acids is 1. The van der Waals surface area contributed by atoms with Crippen LogP contribution in [0, 0.1) is 6.92 Å². The molecule has 0 N–H and O–H groups in total. The Morgan fingerprint density at radius 3 is 2.25 bits per heavy atom. The maximum absolute atomic E-state index is 12.1. The number of hydrogen-bond acceptors (Lipinski definition) is 2. The summed E-state index contributed by atoms with van der Waals surface area (Å²) in [6.45, 7) is 3.90. The van der Waals surface area contributed by atoms with Gasteiger partial charge in [0.05, 0.1) is 0 Å². The molecule has 0 bridgehead atoms. The molecule has 0 spiro atoms. The fourth-order valence-corrected chi connectivity index (χ4v) is 2.67. The average Bonchev–Trinajstić information content (AvgIpc) is 3.31. The molecule has 1 aromatic rings. The summed E-state index contributed by atoms with van der Waals surface area (Å²) >= 11 is 0. The van der Waals surface area contributed by atoms with E-state index in [0.29, 0.717) is 0 Å². The van der Waals surface area contributed by atoms with E-state index < -0.39 is 0 Å². The lowest BCUT2D eigenvalue weighted by Gasteiger charge is -2.28. The molecule has 1 aliphatic heterocycles. The van der Waals surface area contributed by atoms with Crippen molar-refractivity contribution in [3.05, 3.63) is 41.0 Å². The summed E-state index contributed by atoms with van der Waals surface area (Å²) in [5.41, 5.74) is 4.45. The molecule has 1 saturated carbocycles. The number of nitrogens with zero attached hydrogens (tertiary/aromatic N) is 1. The Labute approximate surface area is 120 Å². The molecule has 0 radical (unpaired) electrons. The van der Waals surface area contributed by atoms with Crippen LogP contribution in [0.25, 0.3) is 0 Å². The maximum atomic E-state index is 12.1. The van der Waals surface area contributed by atoms with Gasteiger partial charge in [0.2, 0.25) is 0 Å². The van der Waals surface area contributed by atoms with Crippen LogP contribution in [0.5, 0.6) is 5.75 Å². The Bertz CT molecular complexity index is 514. The van der Waals surface area contributed by atoms with E-state index in [1.165, 1.54) is 18.4 Å². The summed E-state index contributed by atoms with van der Waals surface area (Å²) in [5.74, 6) is 0.868. The highest BCUT2D eigenvalue weighted by Crippen LogP contribution is 2.35. The third-order valence-electron chi connectivity index (χ3n) is 4.10. The first-order valence-corrected chi connectivity index (χ1v) is 7.39. The van der Waals surface area contributed by atoms with E-state index in [2.05, 4.69) is 0 Å². The van der Waals surface area contributed by atoms with E-state index in [-0.39, 0.29) is 12.5 Å². The molecule has 2 aliphatic rings. The quantitative estimate of drug-likeness (QED) is 0.791. The van der Waals surface area contributed by atoms with Crippen molar-refractivity contribution < 1.29 is 9.53 Å². The van der Waals surface area contributed by atoms with Crippen molar-refractivity contribution in [3.8, 4) is 5.75 Å². The van der Waals surface area contributed by atoms with E-state index in [4.69, 9.17) is 4.74 Å². The Morgan fingerprint density at radius 2 is 1.65 bits per heavy atom.